The molecule has 0 aliphatic carbocycles. The van der Waals surface area contributed by atoms with Gasteiger partial charge in [0.2, 0.25) is 10.0 Å². The average Bonchev–Trinajstić information content (AvgIpc) is 2.84. The van der Waals surface area contributed by atoms with E-state index in [-0.39, 0.29) is 0 Å². The fourth-order valence-corrected chi connectivity index (χ4v) is 4.90. The first-order chi connectivity index (χ1) is 11.3. The molecular formula is C16H21ClN4O2S. The van der Waals surface area contributed by atoms with Gasteiger partial charge in [0.25, 0.3) is 0 Å². The predicted molar refractivity (Wildman–Crippen MR) is 94.3 cm³/mol. The summed E-state index contributed by atoms with van der Waals surface area (Å²) in [6.45, 7) is 6.01. The molecule has 1 fully saturated rings. The van der Waals surface area contributed by atoms with E-state index in [2.05, 4.69) is 10.00 Å². The standard InChI is InChI=1S/C16H21ClN4O2S/c1-12-16(24(22,23)20-10-8-19(3)9-11-20)13(2)21(18-12)15-6-4-14(17)5-7-15/h4-7H,8-11H2,1-3H3. The minimum atomic E-state index is -3.54. The Morgan fingerprint density at radius 2 is 1.62 bits per heavy atom. The largest absolute Gasteiger partial charge is 0.304 e. The van der Waals surface area contributed by atoms with Crippen molar-refractivity contribution in [2.75, 3.05) is 33.2 Å². The van der Waals surface area contributed by atoms with Crippen molar-refractivity contribution in [2.24, 2.45) is 0 Å². The number of piperazine rings is 1. The molecule has 1 aliphatic heterocycles. The number of aromatic nitrogens is 2. The normalized spacial score (nSPS) is 17.3. The van der Waals surface area contributed by atoms with Crippen LogP contribution in [0.2, 0.25) is 5.02 Å². The number of hydrogen-bond donors (Lipinski definition) is 0. The second-order valence-corrected chi connectivity index (χ2v) is 8.41. The molecule has 1 saturated heterocycles. The molecule has 0 atom stereocenters. The maximum Gasteiger partial charge on any atom is 0.246 e. The summed E-state index contributed by atoms with van der Waals surface area (Å²) in [5, 5.41) is 5.07. The van der Waals surface area contributed by atoms with Crippen LogP contribution in [0.25, 0.3) is 5.69 Å². The molecule has 0 N–H and O–H groups in total. The summed E-state index contributed by atoms with van der Waals surface area (Å²) in [5.74, 6) is 0. The van der Waals surface area contributed by atoms with Crippen molar-refractivity contribution in [3.8, 4) is 5.69 Å². The number of benzene rings is 1. The maximum atomic E-state index is 13.1. The van der Waals surface area contributed by atoms with Gasteiger partial charge >= 0.3 is 0 Å². The highest BCUT2D eigenvalue weighted by atomic mass is 35.5. The van der Waals surface area contributed by atoms with Crippen molar-refractivity contribution in [1.82, 2.24) is 19.0 Å². The average molecular weight is 369 g/mol. The van der Waals surface area contributed by atoms with E-state index in [1.54, 1.807) is 35.0 Å². The Morgan fingerprint density at radius 3 is 2.21 bits per heavy atom. The Morgan fingerprint density at radius 1 is 1.04 bits per heavy atom. The van der Waals surface area contributed by atoms with Gasteiger partial charge in [-0.2, -0.15) is 9.40 Å². The summed E-state index contributed by atoms with van der Waals surface area (Å²) >= 11 is 5.93. The van der Waals surface area contributed by atoms with Crippen LogP contribution in [0.1, 0.15) is 11.4 Å². The van der Waals surface area contributed by atoms with E-state index in [1.165, 1.54) is 0 Å². The van der Waals surface area contributed by atoms with Gasteiger partial charge in [0.15, 0.2) is 0 Å². The van der Waals surface area contributed by atoms with Crippen molar-refractivity contribution in [1.29, 1.82) is 0 Å². The zero-order valence-electron chi connectivity index (χ0n) is 14.0. The number of aryl methyl sites for hydroxylation is 1. The lowest BCUT2D eigenvalue weighted by atomic mass is 10.3. The third-order valence-corrected chi connectivity index (χ3v) is 6.76. The first-order valence-corrected chi connectivity index (χ1v) is 9.63. The zero-order chi connectivity index (χ0) is 17.5. The summed E-state index contributed by atoms with van der Waals surface area (Å²) in [7, 11) is -1.55. The minimum Gasteiger partial charge on any atom is -0.304 e. The van der Waals surface area contributed by atoms with Gasteiger partial charge in [-0.05, 0) is 45.2 Å². The van der Waals surface area contributed by atoms with Gasteiger partial charge in [0.05, 0.1) is 17.1 Å². The van der Waals surface area contributed by atoms with E-state index in [0.717, 1.165) is 18.8 Å². The molecule has 0 saturated carbocycles. The number of sulfonamides is 1. The topological polar surface area (TPSA) is 58.4 Å². The van der Waals surface area contributed by atoms with Crippen LogP contribution < -0.4 is 0 Å². The fourth-order valence-electron chi connectivity index (χ4n) is 2.99. The fraction of sp³-hybridized carbons (Fsp3) is 0.438. The Hall–Kier alpha value is -1.41. The molecule has 1 aliphatic rings. The number of rotatable bonds is 3. The molecule has 0 amide bonds. The molecule has 24 heavy (non-hydrogen) atoms. The molecular weight excluding hydrogens is 348 g/mol. The lowest BCUT2D eigenvalue weighted by Gasteiger charge is -2.31. The molecule has 0 spiro atoms. The van der Waals surface area contributed by atoms with Crippen molar-refractivity contribution in [2.45, 2.75) is 18.7 Å². The van der Waals surface area contributed by atoms with Crippen LogP contribution >= 0.6 is 11.6 Å². The molecule has 3 rings (SSSR count). The summed E-state index contributed by atoms with van der Waals surface area (Å²) in [6, 6.07) is 7.19. The molecule has 2 aromatic rings. The highest BCUT2D eigenvalue weighted by Gasteiger charge is 2.32. The number of likely N-dealkylation sites (N-methyl/N-ethyl adjacent to an activating group) is 1. The van der Waals surface area contributed by atoms with Crippen LogP contribution in [0.15, 0.2) is 29.2 Å². The van der Waals surface area contributed by atoms with Crippen LogP contribution in [0, 0.1) is 13.8 Å². The summed E-state index contributed by atoms with van der Waals surface area (Å²) in [6.07, 6.45) is 0. The van der Waals surface area contributed by atoms with E-state index >= 15 is 0 Å². The zero-order valence-corrected chi connectivity index (χ0v) is 15.6. The van der Waals surface area contributed by atoms with Crippen molar-refractivity contribution in [3.63, 3.8) is 0 Å². The van der Waals surface area contributed by atoms with Gasteiger partial charge in [-0.25, -0.2) is 13.1 Å². The lowest BCUT2D eigenvalue weighted by molar-refractivity contribution is 0.222. The van der Waals surface area contributed by atoms with Gasteiger partial charge < -0.3 is 4.90 Å². The highest BCUT2D eigenvalue weighted by Crippen LogP contribution is 2.26. The van der Waals surface area contributed by atoms with E-state index in [4.69, 9.17) is 11.6 Å². The smallest absolute Gasteiger partial charge is 0.246 e. The number of halogens is 1. The van der Waals surface area contributed by atoms with Crippen molar-refractivity contribution >= 4 is 21.6 Å². The predicted octanol–water partition coefficient (Wildman–Crippen LogP) is 2.08. The van der Waals surface area contributed by atoms with Crippen molar-refractivity contribution in [3.05, 3.63) is 40.7 Å². The summed E-state index contributed by atoms with van der Waals surface area (Å²) < 4.78 is 29.3. The second kappa shape index (κ2) is 6.48. The third-order valence-electron chi connectivity index (χ3n) is 4.36. The molecule has 0 bridgehead atoms. The first kappa shape index (κ1) is 17.4. The third kappa shape index (κ3) is 3.09. The van der Waals surface area contributed by atoms with E-state index in [0.29, 0.717) is 34.4 Å². The molecule has 2 heterocycles. The molecule has 0 radical (unpaired) electrons. The summed E-state index contributed by atoms with van der Waals surface area (Å²) in [4.78, 5) is 2.44. The minimum absolute atomic E-state index is 0.307. The second-order valence-electron chi connectivity index (χ2n) is 6.10. The van der Waals surface area contributed by atoms with Crippen LogP contribution in [0.5, 0.6) is 0 Å². The van der Waals surface area contributed by atoms with E-state index in [1.807, 2.05) is 19.2 Å². The van der Waals surface area contributed by atoms with Gasteiger partial charge in [-0.1, -0.05) is 11.6 Å². The molecule has 130 valence electrons. The maximum absolute atomic E-state index is 13.1. The SMILES string of the molecule is Cc1nn(-c2ccc(Cl)cc2)c(C)c1S(=O)(=O)N1CCN(C)CC1. The Kier molecular flexibility index (Phi) is 4.70. The molecule has 8 heteroatoms. The van der Waals surface area contributed by atoms with Gasteiger partial charge in [-0.3, -0.25) is 0 Å². The lowest BCUT2D eigenvalue weighted by Crippen LogP contribution is -2.47. The molecule has 1 aromatic heterocycles. The Labute approximate surface area is 147 Å². The number of nitrogens with zero attached hydrogens (tertiary/aromatic N) is 4. The van der Waals surface area contributed by atoms with Crippen LogP contribution in [0.3, 0.4) is 0 Å². The van der Waals surface area contributed by atoms with Crippen LogP contribution in [-0.4, -0.2) is 60.6 Å². The van der Waals surface area contributed by atoms with Crippen LogP contribution in [0.4, 0.5) is 0 Å². The molecule has 1 aromatic carbocycles. The van der Waals surface area contributed by atoms with Gasteiger partial charge in [0, 0.05) is 31.2 Å². The van der Waals surface area contributed by atoms with Crippen molar-refractivity contribution < 1.29 is 8.42 Å². The monoisotopic (exact) mass is 368 g/mol. The van der Waals surface area contributed by atoms with E-state index in [9.17, 15) is 8.42 Å². The quantitative estimate of drug-likeness (QED) is 0.832. The Bertz CT molecular complexity index is 838. The highest BCUT2D eigenvalue weighted by molar-refractivity contribution is 7.89. The summed E-state index contributed by atoms with van der Waals surface area (Å²) in [5.41, 5.74) is 1.93. The first-order valence-electron chi connectivity index (χ1n) is 7.81. The van der Waals surface area contributed by atoms with Crippen LogP contribution in [-0.2, 0) is 10.0 Å². The number of hydrogen-bond acceptors (Lipinski definition) is 4. The molecule has 0 unspecified atom stereocenters. The van der Waals surface area contributed by atoms with Gasteiger partial charge in [-0.15, -0.1) is 0 Å². The van der Waals surface area contributed by atoms with E-state index < -0.39 is 10.0 Å². The van der Waals surface area contributed by atoms with Gasteiger partial charge in [0.1, 0.15) is 4.90 Å². The molecule has 6 nitrogen and oxygen atoms in total. The Balaban J connectivity index is 2.01.